The average molecular weight is 233 g/mol. The molecule has 1 amide bonds. The first kappa shape index (κ1) is 13.4. The van der Waals surface area contributed by atoms with Crippen LogP contribution in [-0.2, 0) is 4.79 Å². The Bertz CT molecular complexity index is 427. The maximum atomic E-state index is 12.0. The fraction of sp³-hybridized carbons (Fsp3) is 0.429. The molecule has 0 aliphatic heterocycles. The van der Waals surface area contributed by atoms with E-state index in [9.17, 15) is 9.59 Å². The highest BCUT2D eigenvalue weighted by Gasteiger charge is 2.13. The lowest BCUT2D eigenvalue weighted by Crippen LogP contribution is -2.29. The SMILES string of the molecule is CCC(=O)NCC(=O)c1c(C)cc(C)cc1C. The lowest BCUT2D eigenvalue weighted by molar-refractivity contribution is -0.120. The van der Waals surface area contributed by atoms with Crippen LogP contribution in [0.5, 0.6) is 0 Å². The van der Waals surface area contributed by atoms with Crippen LogP contribution in [0.1, 0.15) is 40.4 Å². The number of benzene rings is 1. The summed E-state index contributed by atoms with van der Waals surface area (Å²) in [6.45, 7) is 7.70. The van der Waals surface area contributed by atoms with Crippen LogP contribution < -0.4 is 5.32 Å². The van der Waals surface area contributed by atoms with Gasteiger partial charge >= 0.3 is 0 Å². The molecule has 0 spiro atoms. The number of hydrogen-bond acceptors (Lipinski definition) is 2. The largest absolute Gasteiger partial charge is 0.349 e. The van der Waals surface area contributed by atoms with Crippen molar-refractivity contribution in [3.05, 3.63) is 34.4 Å². The smallest absolute Gasteiger partial charge is 0.220 e. The summed E-state index contributed by atoms with van der Waals surface area (Å²) in [7, 11) is 0. The van der Waals surface area contributed by atoms with Gasteiger partial charge in [-0.1, -0.05) is 24.6 Å². The topological polar surface area (TPSA) is 46.2 Å². The summed E-state index contributed by atoms with van der Waals surface area (Å²) < 4.78 is 0. The zero-order chi connectivity index (χ0) is 13.0. The number of rotatable bonds is 4. The molecule has 1 rings (SSSR count). The normalized spacial score (nSPS) is 10.1. The van der Waals surface area contributed by atoms with Gasteiger partial charge in [0.15, 0.2) is 5.78 Å². The van der Waals surface area contributed by atoms with Crippen molar-refractivity contribution in [2.24, 2.45) is 0 Å². The van der Waals surface area contributed by atoms with Gasteiger partial charge in [0.25, 0.3) is 0 Å². The molecule has 0 saturated carbocycles. The Hall–Kier alpha value is -1.64. The maximum Gasteiger partial charge on any atom is 0.220 e. The van der Waals surface area contributed by atoms with Gasteiger partial charge in [-0.2, -0.15) is 0 Å². The summed E-state index contributed by atoms with van der Waals surface area (Å²) in [5.74, 6) is -0.123. The highest BCUT2D eigenvalue weighted by Crippen LogP contribution is 2.16. The first-order valence-corrected chi connectivity index (χ1v) is 5.83. The molecule has 3 heteroatoms. The van der Waals surface area contributed by atoms with E-state index in [1.54, 1.807) is 6.92 Å². The predicted molar refractivity (Wildman–Crippen MR) is 68.3 cm³/mol. The van der Waals surface area contributed by atoms with Crippen molar-refractivity contribution in [3.63, 3.8) is 0 Å². The van der Waals surface area contributed by atoms with Crippen molar-refractivity contribution in [1.29, 1.82) is 0 Å². The molecule has 0 fully saturated rings. The molecule has 0 aliphatic carbocycles. The summed E-state index contributed by atoms with van der Waals surface area (Å²) >= 11 is 0. The zero-order valence-electron chi connectivity index (χ0n) is 10.9. The summed E-state index contributed by atoms with van der Waals surface area (Å²) in [6.07, 6.45) is 0.402. The second kappa shape index (κ2) is 5.62. The summed E-state index contributed by atoms with van der Waals surface area (Å²) in [5, 5.41) is 2.61. The monoisotopic (exact) mass is 233 g/mol. The van der Waals surface area contributed by atoms with Gasteiger partial charge in [-0.25, -0.2) is 0 Å². The van der Waals surface area contributed by atoms with Crippen LogP contribution in [0, 0.1) is 20.8 Å². The van der Waals surface area contributed by atoms with Gasteiger partial charge in [0.05, 0.1) is 6.54 Å². The molecule has 0 atom stereocenters. The quantitative estimate of drug-likeness (QED) is 0.811. The van der Waals surface area contributed by atoms with Gasteiger partial charge < -0.3 is 5.32 Å². The molecular formula is C14H19NO2. The van der Waals surface area contributed by atoms with Crippen molar-refractivity contribution in [3.8, 4) is 0 Å². The molecule has 1 aromatic carbocycles. The highest BCUT2D eigenvalue weighted by atomic mass is 16.2. The average Bonchev–Trinajstić information content (AvgIpc) is 2.24. The Balaban J connectivity index is 2.86. The van der Waals surface area contributed by atoms with Gasteiger partial charge in [-0.05, 0) is 31.9 Å². The van der Waals surface area contributed by atoms with Crippen LogP contribution in [-0.4, -0.2) is 18.2 Å². The number of aryl methyl sites for hydroxylation is 3. The number of carbonyl (C=O) groups excluding carboxylic acids is 2. The summed E-state index contributed by atoms with van der Waals surface area (Å²) in [4.78, 5) is 23.1. The first-order valence-electron chi connectivity index (χ1n) is 5.83. The Kier molecular flexibility index (Phi) is 4.44. The van der Waals surface area contributed by atoms with Gasteiger partial charge in [0.2, 0.25) is 5.91 Å². The van der Waals surface area contributed by atoms with Crippen molar-refractivity contribution >= 4 is 11.7 Å². The van der Waals surface area contributed by atoms with Crippen LogP contribution in [0.3, 0.4) is 0 Å². The van der Waals surface area contributed by atoms with E-state index in [4.69, 9.17) is 0 Å². The fourth-order valence-corrected chi connectivity index (χ4v) is 2.01. The van der Waals surface area contributed by atoms with E-state index in [1.165, 1.54) is 0 Å². The van der Waals surface area contributed by atoms with Crippen molar-refractivity contribution in [2.45, 2.75) is 34.1 Å². The van der Waals surface area contributed by atoms with Crippen molar-refractivity contribution < 1.29 is 9.59 Å². The molecule has 0 aliphatic rings. The molecule has 0 radical (unpaired) electrons. The third kappa shape index (κ3) is 3.41. The molecule has 0 saturated heterocycles. The van der Waals surface area contributed by atoms with E-state index in [0.717, 1.165) is 22.3 Å². The van der Waals surface area contributed by atoms with E-state index in [0.29, 0.717) is 6.42 Å². The third-order valence-electron chi connectivity index (χ3n) is 2.72. The van der Waals surface area contributed by atoms with E-state index in [2.05, 4.69) is 5.32 Å². The van der Waals surface area contributed by atoms with Crippen LogP contribution in [0.15, 0.2) is 12.1 Å². The minimum Gasteiger partial charge on any atom is -0.349 e. The van der Waals surface area contributed by atoms with E-state index < -0.39 is 0 Å². The lowest BCUT2D eigenvalue weighted by atomic mass is 9.96. The summed E-state index contributed by atoms with van der Waals surface area (Å²) in [6, 6.07) is 3.98. The number of nitrogens with one attached hydrogen (secondary N) is 1. The minimum absolute atomic E-state index is 0.0261. The lowest BCUT2D eigenvalue weighted by Gasteiger charge is -2.10. The number of Topliss-reactive ketones (excluding diaryl/α,β-unsaturated/α-hetero) is 1. The van der Waals surface area contributed by atoms with Gasteiger partial charge in [0, 0.05) is 12.0 Å². The Morgan fingerprint density at radius 2 is 1.65 bits per heavy atom. The molecule has 0 unspecified atom stereocenters. The standard InChI is InChI=1S/C14H19NO2/c1-5-13(17)15-8-12(16)14-10(3)6-9(2)7-11(14)4/h6-7H,5,8H2,1-4H3,(H,15,17). The van der Waals surface area contributed by atoms with E-state index in [1.807, 2.05) is 32.9 Å². The summed E-state index contributed by atoms with van der Waals surface area (Å²) in [5.41, 5.74) is 3.82. The molecule has 1 aromatic rings. The van der Waals surface area contributed by atoms with E-state index >= 15 is 0 Å². The second-order valence-electron chi connectivity index (χ2n) is 4.33. The molecule has 0 bridgehead atoms. The molecule has 0 heterocycles. The van der Waals surface area contributed by atoms with Crippen molar-refractivity contribution in [1.82, 2.24) is 5.32 Å². The van der Waals surface area contributed by atoms with Crippen LogP contribution in [0.4, 0.5) is 0 Å². The molecular weight excluding hydrogens is 214 g/mol. The molecule has 3 nitrogen and oxygen atoms in total. The second-order valence-corrected chi connectivity index (χ2v) is 4.33. The zero-order valence-corrected chi connectivity index (χ0v) is 10.9. The maximum absolute atomic E-state index is 12.0. The molecule has 1 N–H and O–H groups in total. The van der Waals surface area contributed by atoms with Crippen LogP contribution in [0.25, 0.3) is 0 Å². The fourth-order valence-electron chi connectivity index (χ4n) is 2.01. The molecule has 17 heavy (non-hydrogen) atoms. The number of hydrogen-bond donors (Lipinski definition) is 1. The van der Waals surface area contributed by atoms with Gasteiger partial charge in [0.1, 0.15) is 0 Å². The number of ketones is 1. The Morgan fingerprint density at radius 3 is 2.12 bits per heavy atom. The van der Waals surface area contributed by atoms with Gasteiger partial charge in [-0.15, -0.1) is 0 Å². The molecule has 0 aromatic heterocycles. The van der Waals surface area contributed by atoms with E-state index in [-0.39, 0.29) is 18.2 Å². The Morgan fingerprint density at radius 1 is 1.12 bits per heavy atom. The third-order valence-corrected chi connectivity index (χ3v) is 2.72. The minimum atomic E-state index is -0.0965. The molecule has 92 valence electrons. The first-order chi connectivity index (χ1) is 7.95. The van der Waals surface area contributed by atoms with Crippen LogP contribution in [0.2, 0.25) is 0 Å². The van der Waals surface area contributed by atoms with Crippen LogP contribution >= 0.6 is 0 Å². The Labute approximate surface area is 102 Å². The predicted octanol–water partition coefficient (Wildman–Crippen LogP) is 2.32. The van der Waals surface area contributed by atoms with Gasteiger partial charge in [-0.3, -0.25) is 9.59 Å². The number of amides is 1. The highest BCUT2D eigenvalue weighted by molar-refractivity contribution is 6.01. The number of carbonyl (C=O) groups is 2. The van der Waals surface area contributed by atoms with Crippen molar-refractivity contribution in [2.75, 3.05) is 6.54 Å².